The van der Waals surface area contributed by atoms with Gasteiger partial charge in [0.05, 0.1) is 10.8 Å². The average Bonchev–Trinajstić information content (AvgIpc) is 2.89. The molecule has 1 spiro atoms. The summed E-state index contributed by atoms with van der Waals surface area (Å²) < 4.78 is 5.34. The molecule has 6 atom stereocenters. The lowest BCUT2D eigenvalue weighted by Gasteiger charge is -2.63. The Balaban J connectivity index is 1.68. The maximum absolute atomic E-state index is 12.9. The zero-order valence-corrected chi connectivity index (χ0v) is 16.5. The predicted molar refractivity (Wildman–Crippen MR) is 98.8 cm³/mol. The minimum absolute atomic E-state index is 0.0274. The van der Waals surface area contributed by atoms with Gasteiger partial charge in [0.25, 0.3) is 0 Å². The molecule has 3 saturated carbocycles. The molecular formula is C22H30O5. The average molecular weight is 374 g/mol. The number of carboxylic acid groups (broad SMARTS) is 1. The van der Waals surface area contributed by atoms with Crippen LogP contribution >= 0.6 is 0 Å². The maximum atomic E-state index is 12.9. The lowest BCUT2D eigenvalue weighted by atomic mass is 9.40. The van der Waals surface area contributed by atoms with Crippen molar-refractivity contribution >= 4 is 17.7 Å². The smallest absolute Gasteiger partial charge is 0.313 e. The van der Waals surface area contributed by atoms with Crippen LogP contribution in [0.3, 0.4) is 0 Å². The Labute approximate surface area is 160 Å². The van der Waals surface area contributed by atoms with Crippen LogP contribution < -0.4 is 0 Å². The topological polar surface area (TPSA) is 80.7 Å². The Hall–Kier alpha value is -1.65. The van der Waals surface area contributed by atoms with Crippen molar-refractivity contribution < 1.29 is 24.2 Å². The maximum Gasteiger partial charge on any atom is 0.313 e. The highest BCUT2D eigenvalue weighted by Crippen LogP contribution is 2.71. The fraction of sp³-hybridized carbons (Fsp3) is 0.773. The van der Waals surface area contributed by atoms with Gasteiger partial charge in [0.15, 0.2) is 0 Å². The van der Waals surface area contributed by atoms with Crippen LogP contribution in [0.25, 0.3) is 0 Å². The number of carbonyl (C=O) groups excluding carboxylic acids is 2. The fourth-order valence-corrected chi connectivity index (χ4v) is 7.39. The number of Topliss-reactive ketones (excluding diaryl/α,β-unsaturated/α-hetero) is 1. The van der Waals surface area contributed by atoms with E-state index in [9.17, 15) is 19.5 Å². The molecule has 0 aromatic carbocycles. The van der Waals surface area contributed by atoms with Crippen molar-refractivity contribution in [3.8, 4) is 0 Å². The van der Waals surface area contributed by atoms with Crippen LogP contribution in [0.4, 0.5) is 0 Å². The molecule has 0 heterocycles. The molecule has 148 valence electrons. The van der Waals surface area contributed by atoms with Crippen molar-refractivity contribution in [1.29, 1.82) is 0 Å². The summed E-state index contributed by atoms with van der Waals surface area (Å²) >= 11 is 0. The minimum Gasteiger partial charge on any atom is -0.481 e. The molecule has 0 amide bonds. The van der Waals surface area contributed by atoms with E-state index in [1.165, 1.54) is 6.92 Å². The first-order valence-electron chi connectivity index (χ1n) is 10.2. The van der Waals surface area contributed by atoms with E-state index in [1.54, 1.807) is 0 Å². The zero-order valence-electron chi connectivity index (χ0n) is 16.5. The van der Waals surface area contributed by atoms with E-state index >= 15 is 0 Å². The fourth-order valence-electron chi connectivity index (χ4n) is 7.39. The first-order chi connectivity index (χ1) is 12.6. The van der Waals surface area contributed by atoms with E-state index in [4.69, 9.17) is 4.74 Å². The Bertz CT molecular complexity index is 735. The zero-order chi connectivity index (χ0) is 19.7. The summed E-state index contributed by atoms with van der Waals surface area (Å²) in [7, 11) is 0. The van der Waals surface area contributed by atoms with Crippen molar-refractivity contribution in [3.63, 3.8) is 0 Å². The molecule has 1 N–H and O–H groups in total. The van der Waals surface area contributed by atoms with Crippen LogP contribution in [0.5, 0.6) is 0 Å². The molecule has 0 unspecified atom stereocenters. The number of esters is 1. The van der Waals surface area contributed by atoms with Crippen LogP contribution in [0, 0.1) is 33.5 Å². The van der Waals surface area contributed by atoms with Gasteiger partial charge in [-0.3, -0.25) is 14.4 Å². The largest absolute Gasteiger partial charge is 0.481 e. The summed E-state index contributed by atoms with van der Waals surface area (Å²) in [6.45, 7) is 5.84. The second-order valence-electron chi connectivity index (χ2n) is 10.0. The van der Waals surface area contributed by atoms with E-state index in [1.807, 2.05) is 13.0 Å². The normalized spacial score (nSPS) is 47.9. The number of ether oxygens (including phenoxy) is 1. The summed E-state index contributed by atoms with van der Waals surface area (Å²) in [4.78, 5) is 36.2. The molecule has 4 rings (SSSR count). The van der Waals surface area contributed by atoms with E-state index in [-0.39, 0.29) is 35.1 Å². The van der Waals surface area contributed by atoms with Crippen LogP contribution in [0.15, 0.2) is 12.2 Å². The second-order valence-corrected chi connectivity index (χ2v) is 10.0. The third-order valence-corrected chi connectivity index (χ3v) is 8.74. The summed E-state index contributed by atoms with van der Waals surface area (Å²) in [5.41, 5.74) is -1.40. The van der Waals surface area contributed by atoms with E-state index < -0.39 is 16.8 Å². The quantitative estimate of drug-likeness (QED) is 0.601. The van der Waals surface area contributed by atoms with Gasteiger partial charge in [-0.15, -0.1) is 0 Å². The first kappa shape index (κ1) is 18.7. The van der Waals surface area contributed by atoms with Crippen molar-refractivity contribution in [2.75, 3.05) is 6.61 Å². The van der Waals surface area contributed by atoms with E-state index in [0.717, 1.165) is 25.7 Å². The molecule has 0 aliphatic heterocycles. The van der Waals surface area contributed by atoms with Gasteiger partial charge < -0.3 is 9.84 Å². The predicted octanol–water partition coefficient (Wildman–Crippen LogP) is 3.76. The number of aliphatic carboxylic acids is 1. The van der Waals surface area contributed by atoms with Gasteiger partial charge in [-0.1, -0.05) is 19.1 Å². The van der Waals surface area contributed by atoms with E-state index in [2.05, 4.69) is 13.0 Å². The summed E-state index contributed by atoms with van der Waals surface area (Å²) in [5.74, 6) is -0.266. The molecule has 5 nitrogen and oxygen atoms in total. The molecule has 0 aromatic heterocycles. The van der Waals surface area contributed by atoms with Gasteiger partial charge in [0.1, 0.15) is 12.4 Å². The standard InChI is InChI=1S/C22H30O5/c1-14(23)27-13-20(3)15-4-8-21-10-11-22(12-21,18(25)26)9-5-16(21)19(15,2)7-6-17(20)24/h10-11,15-16H,4-9,12-13H2,1-3H3,(H,25,26)/t15-,16-,19+,20-,21+,22+/m0/s1. The molecule has 4 aliphatic carbocycles. The lowest BCUT2D eigenvalue weighted by Crippen LogP contribution is -2.61. The Morgan fingerprint density at radius 2 is 1.85 bits per heavy atom. The highest BCUT2D eigenvalue weighted by atomic mass is 16.5. The van der Waals surface area contributed by atoms with Gasteiger partial charge in [0.2, 0.25) is 0 Å². The van der Waals surface area contributed by atoms with Gasteiger partial charge in [0, 0.05) is 13.3 Å². The van der Waals surface area contributed by atoms with Crippen LogP contribution in [-0.4, -0.2) is 29.4 Å². The highest BCUT2D eigenvalue weighted by Gasteiger charge is 2.67. The van der Waals surface area contributed by atoms with Crippen molar-refractivity contribution in [2.24, 2.45) is 33.5 Å². The SMILES string of the molecule is CC(=O)OC[C@]1(C)C(=O)CC[C@@]2(C)[C@@H]3CC[C@@]4(C(=O)O)C=C[C@]3(CC[C@@H]21)C4. The number of carbonyl (C=O) groups is 3. The Morgan fingerprint density at radius 1 is 1.15 bits per heavy atom. The van der Waals surface area contributed by atoms with Crippen molar-refractivity contribution in [3.05, 3.63) is 12.2 Å². The van der Waals surface area contributed by atoms with Crippen molar-refractivity contribution in [2.45, 2.75) is 65.7 Å². The lowest BCUT2D eigenvalue weighted by molar-refractivity contribution is -0.181. The molecule has 2 bridgehead atoms. The van der Waals surface area contributed by atoms with Gasteiger partial charge in [-0.2, -0.15) is 0 Å². The van der Waals surface area contributed by atoms with Gasteiger partial charge in [-0.05, 0) is 68.1 Å². The summed E-state index contributed by atoms with van der Waals surface area (Å²) in [6, 6.07) is 0. The van der Waals surface area contributed by atoms with Gasteiger partial charge in [-0.25, -0.2) is 0 Å². The highest BCUT2D eigenvalue weighted by molar-refractivity contribution is 5.86. The number of carboxylic acids is 1. The third-order valence-electron chi connectivity index (χ3n) is 8.74. The molecule has 0 saturated heterocycles. The molecule has 0 aromatic rings. The molecule has 5 heteroatoms. The van der Waals surface area contributed by atoms with Crippen LogP contribution in [0.1, 0.15) is 65.7 Å². The Kier molecular flexibility index (Phi) is 3.93. The number of allylic oxidation sites excluding steroid dienone is 1. The molecular weight excluding hydrogens is 344 g/mol. The summed E-state index contributed by atoms with van der Waals surface area (Å²) in [6.07, 6.45) is 9.63. The van der Waals surface area contributed by atoms with Gasteiger partial charge >= 0.3 is 11.9 Å². The second kappa shape index (κ2) is 5.68. The molecule has 4 aliphatic rings. The third kappa shape index (κ3) is 2.39. The Morgan fingerprint density at radius 3 is 2.52 bits per heavy atom. The number of hydrogen-bond acceptors (Lipinski definition) is 4. The monoisotopic (exact) mass is 374 g/mol. The summed E-state index contributed by atoms with van der Waals surface area (Å²) in [5, 5.41) is 9.79. The number of fused-ring (bicyclic) bond motifs is 3. The van der Waals surface area contributed by atoms with Crippen LogP contribution in [-0.2, 0) is 19.1 Å². The molecule has 27 heavy (non-hydrogen) atoms. The van der Waals surface area contributed by atoms with Crippen molar-refractivity contribution in [1.82, 2.24) is 0 Å². The minimum atomic E-state index is -0.695. The molecule has 0 radical (unpaired) electrons. The first-order valence-corrected chi connectivity index (χ1v) is 10.2. The van der Waals surface area contributed by atoms with Crippen LogP contribution in [0.2, 0.25) is 0 Å². The van der Waals surface area contributed by atoms with E-state index in [0.29, 0.717) is 25.2 Å². The molecule has 3 fully saturated rings. The number of ketones is 1. The number of rotatable bonds is 3. The number of hydrogen-bond donors (Lipinski definition) is 1.